The molecule has 0 radical (unpaired) electrons. The molecule has 1 aliphatic carbocycles. The number of fused-ring (bicyclic) bond motifs is 1. The number of hydrogen-bond donors (Lipinski definition) is 4. The molecule has 2 atom stereocenters. The molecule has 3 aromatic rings. The van der Waals surface area contributed by atoms with Gasteiger partial charge in [-0.2, -0.15) is 0 Å². The lowest BCUT2D eigenvalue weighted by Crippen LogP contribution is -2.31. The number of carbonyl (C=O) groups excluding carboxylic acids is 1. The van der Waals surface area contributed by atoms with Gasteiger partial charge in [-0.25, -0.2) is 0 Å². The lowest BCUT2D eigenvalue weighted by molar-refractivity contribution is -0.116. The fourth-order valence-electron chi connectivity index (χ4n) is 4.21. The molecule has 0 unspecified atom stereocenters. The van der Waals surface area contributed by atoms with E-state index in [0.29, 0.717) is 35.4 Å². The van der Waals surface area contributed by atoms with E-state index in [9.17, 15) is 14.7 Å². The Morgan fingerprint density at radius 2 is 2.00 bits per heavy atom. The summed E-state index contributed by atoms with van der Waals surface area (Å²) in [5.74, 6) is 0.107. The standard InChI is InChI=1S/C20H16BrN3O3S/c21-10-3-4-13(25)11(8-10)16-17-12(22-19-18(16)20(27)24-23-19)6-9(7-14(17)26)15-2-1-5-28-15/h1-5,8-9,16,25H,6-7H2,(H3,22,23,24,27)/t9-,16-/m1/s1. The quantitative estimate of drug-likeness (QED) is 0.463. The van der Waals surface area contributed by atoms with Crippen LogP contribution in [0.2, 0.25) is 0 Å². The molecule has 0 fully saturated rings. The van der Waals surface area contributed by atoms with Crippen LogP contribution < -0.4 is 10.9 Å². The van der Waals surface area contributed by atoms with Crippen molar-refractivity contribution < 1.29 is 9.90 Å². The molecule has 2 aromatic heterocycles. The summed E-state index contributed by atoms with van der Waals surface area (Å²) in [5, 5.41) is 21.3. The highest BCUT2D eigenvalue weighted by Gasteiger charge is 2.41. The Bertz CT molecular complexity index is 1180. The number of ketones is 1. The molecular formula is C20H16BrN3O3S. The van der Waals surface area contributed by atoms with Crippen molar-refractivity contribution in [1.82, 2.24) is 10.2 Å². The second-order valence-electron chi connectivity index (χ2n) is 7.06. The number of carbonyl (C=O) groups is 1. The molecule has 4 N–H and O–H groups in total. The van der Waals surface area contributed by atoms with Crippen molar-refractivity contribution in [2.24, 2.45) is 0 Å². The average Bonchev–Trinajstić information content (AvgIpc) is 3.33. The second-order valence-corrected chi connectivity index (χ2v) is 8.96. The van der Waals surface area contributed by atoms with E-state index in [1.807, 2.05) is 11.4 Å². The van der Waals surface area contributed by atoms with Gasteiger partial charge in [-0.05, 0) is 36.1 Å². The number of allylic oxidation sites excluding steroid dienone is 2. The molecule has 1 aromatic carbocycles. The Balaban J connectivity index is 1.70. The number of rotatable bonds is 2. The average molecular weight is 458 g/mol. The highest BCUT2D eigenvalue weighted by Crippen LogP contribution is 2.48. The van der Waals surface area contributed by atoms with Crippen LogP contribution in [0.3, 0.4) is 0 Å². The van der Waals surface area contributed by atoms with Gasteiger partial charge in [0.25, 0.3) is 5.56 Å². The Morgan fingerprint density at radius 3 is 2.79 bits per heavy atom. The van der Waals surface area contributed by atoms with Gasteiger partial charge < -0.3 is 10.4 Å². The van der Waals surface area contributed by atoms with Crippen LogP contribution in [0.5, 0.6) is 5.75 Å². The van der Waals surface area contributed by atoms with Crippen molar-refractivity contribution in [3.63, 3.8) is 0 Å². The third-order valence-electron chi connectivity index (χ3n) is 5.42. The highest BCUT2D eigenvalue weighted by atomic mass is 79.9. The summed E-state index contributed by atoms with van der Waals surface area (Å²) in [6.45, 7) is 0. The zero-order chi connectivity index (χ0) is 19.4. The molecule has 6 nitrogen and oxygen atoms in total. The molecule has 5 rings (SSSR count). The largest absolute Gasteiger partial charge is 0.508 e. The number of benzene rings is 1. The van der Waals surface area contributed by atoms with Gasteiger partial charge in [0.15, 0.2) is 5.78 Å². The first kappa shape index (κ1) is 17.5. The topological polar surface area (TPSA) is 98.0 Å². The maximum atomic E-state index is 13.2. The Hall–Kier alpha value is -2.58. The summed E-state index contributed by atoms with van der Waals surface area (Å²) in [6.07, 6.45) is 1.07. The molecule has 3 heterocycles. The van der Waals surface area contributed by atoms with Gasteiger partial charge >= 0.3 is 0 Å². The molecular weight excluding hydrogens is 442 g/mol. The molecule has 0 saturated heterocycles. The monoisotopic (exact) mass is 457 g/mol. The molecule has 28 heavy (non-hydrogen) atoms. The van der Waals surface area contributed by atoms with Gasteiger partial charge in [-0.15, -0.1) is 11.3 Å². The molecule has 1 aliphatic heterocycles. The number of phenols is 1. The first-order valence-corrected chi connectivity index (χ1v) is 10.6. The summed E-state index contributed by atoms with van der Waals surface area (Å²) in [4.78, 5) is 26.9. The lowest BCUT2D eigenvalue weighted by Gasteiger charge is -2.34. The number of H-pyrrole nitrogens is 2. The van der Waals surface area contributed by atoms with Gasteiger partial charge in [0, 0.05) is 38.5 Å². The van der Waals surface area contributed by atoms with Crippen molar-refractivity contribution in [3.05, 3.63) is 77.8 Å². The number of anilines is 1. The van der Waals surface area contributed by atoms with Crippen molar-refractivity contribution >= 4 is 38.9 Å². The van der Waals surface area contributed by atoms with Crippen molar-refractivity contribution in [2.75, 3.05) is 5.32 Å². The normalized spacial score (nSPS) is 21.2. The molecule has 2 aliphatic rings. The summed E-state index contributed by atoms with van der Waals surface area (Å²) in [5.41, 5.74) is 2.04. The van der Waals surface area contributed by atoms with E-state index in [1.54, 1.807) is 29.5 Å². The molecule has 0 saturated carbocycles. The van der Waals surface area contributed by atoms with Gasteiger partial charge in [-0.3, -0.25) is 19.8 Å². The third-order valence-corrected chi connectivity index (χ3v) is 6.95. The number of aromatic nitrogens is 2. The van der Waals surface area contributed by atoms with Gasteiger partial charge in [0.2, 0.25) is 0 Å². The van der Waals surface area contributed by atoms with Crippen LogP contribution in [0.25, 0.3) is 0 Å². The van der Waals surface area contributed by atoms with Crippen LogP contribution in [0, 0.1) is 0 Å². The van der Waals surface area contributed by atoms with E-state index in [1.165, 1.54) is 4.88 Å². The van der Waals surface area contributed by atoms with Crippen LogP contribution in [-0.2, 0) is 4.79 Å². The van der Waals surface area contributed by atoms with E-state index in [-0.39, 0.29) is 23.0 Å². The second kappa shape index (κ2) is 6.49. The molecule has 8 heteroatoms. The maximum absolute atomic E-state index is 13.2. The first-order chi connectivity index (χ1) is 13.5. The van der Waals surface area contributed by atoms with Gasteiger partial charge in [0.1, 0.15) is 11.6 Å². The number of aromatic amines is 2. The summed E-state index contributed by atoms with van der Waals surface area (Å²) >= 11 is 5.08. The number of nitrogens with one attached hydrogen (secondary N) is 3. The van der Waals surface area contributed by atoms with Crippen LogP contribution in [0.15, 0.2) is 56.2 Å². The zero-order valence-corrected chi connectivity index (χ0v) is 17.0. The maximum Gasteiger partial charge on any atom is 0.270 e. The minimum atomic E-state index is -0.615. The van der Waals surface area contributed by atoms with E-state index in [0.717, 1.165) is 10.2 Å². The molecule has 0 spiro atoms. The van der Waals surface area contributed by atoms with Crippen molar-refractivity contribution in [2.45, 2.75) is 24.7 Å². The SMILES string of the molecule is O=C1C[C@H](c2cccs2)CC2=C1[C@@H](c1cc(Br)ccc1O)c1c([nH][nH]c1=O)N2. The van der Waals surface area contributed by atoms with Gasteiger partial charge in [-0.1, -0.05) is 22.0 Å². The Kier molecular flexibility index (Phi) is 4.06. The van der Waals surface area contributed by atoms with Crippen LogP contribution in [0.4, 0.5) is 5.82 Å². The Morgan fingerprint density at radius 1 is 1.14 bits per heavy atom. The minimum absolute atomic E-state index is 0.00257. The number of halogens is 1. The van der Waals surface area contributed by atoms with E-state index >= 15 is 0 Å². The lowest BCUT2D eigenvalue weighted by atomic mass is 9.73. The Labute approximate surface area is 172 Å². The zero-order valence-electron chi connectivity index (χ0n) is 14.6. The first-order valence-electron chi connectivity index (χ1n) is 8.88. The highest BCUT2D eigenvalue weighted by molar-refractivity contribution is 9.10. The summed E-state index contributed by atoms with van der Waals surface area (Å²) in [6, 6.07) is 9.12. The number of thiophene rings is 1. The predicted octanol–water partition coefficient (Wildman–Crippen LogP) is 4.19. The predicted molar refractivity (Wildman–Crippen MR) is 111 cm³/mol. The van der Waals surface area contributed by atoms with Crippen LogP contribution >= 0.6 is 27.3 Å². The van der Waals surface area contributed by atoms with E-state index in [4.69, 9.17) is 0 Å². The van der Waals surface area contributed by atoms with Crippen LogP contribution in [0.1, 0.15) is 40.7 Å². The van der Waals surface area contributed by atoms with E-state index < -0.39 is 5.92 Å². The fourth-order valence-corrected chi connectivity index (χ4v) is 5.42. The molecule has 0 bridgehead atoms. The number of hydrogen-bond acceptors (Lipinski definition) is 5. The van der Waals surface area contributed by atoms with Crippen LogP contribution in [-0.4, -0.2) is 21.1 Å². The third kappa shape index (κ3) is 2.67. The number of phenolic OH excluding ortho intramolecular Hbond substituents is 1. The van der Waals surface area contributed by atoms with Crippen molar-refractivity contribution in [3.8, 4) is 5.75 Å². The fraction of sp³-hybridized carbons (Fsp3) is 0.200. The summed E-state index contributed by atoms with van der Waals surface area (Å²) in [7, 11) is 0. The smallest absolute Gasteiger partial charge is 0.270 e. The summed E-state index contributed by atoms with van der Waals surface area (Å²) < 4.78 is 0.772. The number of aromatic hydroxyl groups is 1. The minimum Gasteiger partial charge on any atom is -0.508 e. The number of Topliss-reactive ketones (excluding diaryl/α,β-unsaturated/α-hetero) is 1. The molecule has 142 valence electrons. The molecule has 0 amide bonds. The van der Waals surface area contributed by atoms with E-state index in [2.05, 4.69) is 37.5 Å². The van der Waals surface area contributed by atoms with Crippen molar-refractivity contribution in [1.29, 1.82) is 0 Å². The van der Waals surface area contributed by atoms with Gasteiger partial charge in [0.05, 0.1) is 11.5 Å².